The van der Waals surface area contributed by atoms with Crippen LogP contribution in [-0.2, 0) is 30.2 Å². The fraction of sp³-hybridized carbons (Fsp3) is 0.655. The monoisotopic (exact) mass is 583 g/mol. The first kappa shape index (κ1) is 35.5. The molecular formula is C29H45NO11. The Labute approximate surface area is 241 Å². The lowest BCUT2D eigenvalue weighted by molar-refractivity contribution is -0.139. The van der Waals surface area contributed by atoms with Crippen LogP contribution >= 0.6 is 0 Å². The van der Waals surface area contributed by atoms with E-state index in [9.17, 15) is 24.3 Å². The Balaban J connectivity index is 2.92. The van der Waals surface area contributed by atoms with Gasteiger partial charge in [0, 0.05) is 6.54 Å². The molecule has 2 N–H and O–H groups in total. The Bertz CT molecular complexity index is 953. The Morgan fingerprint density at radius 1 is 0.780 bits per heavy atom. The first-order chi connectivity index (χ1) is 19.6. The number of carbonyl (C=O) groups excluding carboxylic acids is 3. The van der Waals surface area contributed by atoms with Gasteiger partial charge < -0.3 is 38.8 Å². The molecule has 2 unspecified atom stereocenters. The van der Waals surface area contributed by atoms with Crippen molar-refractivity contribution in [1.29, 1.82) is 0 Å². The van der Waals surface area contributed by atoms with Crippen molar-refractivity contribution in [3.8, 4) is 11.5 Å². The molecule has 41 heavy (non-hydrogen) atoms. The molecule has 1 aromatic carbocycles. The highest BCUT2D eigenvalue weighted by atomic mass is 16.7. The average molecular weight is 584 g/mol. The summed E-state index contributed by atoms with van der Waals surface area (Å²) in [6.07, 6.45) is 1.92. The normalized spacial score (nSPS) is 12.9. The van der Waals surface area contributed by atoms with Crippen molar-refractivity contribution in [2.24, 2.45) is 0 Å². The summed E-state index contributed by atoms with van der Waals surface area (Å²) >= 11 is 0. The number of carboxylic acid groups (broad SMARTS) is 1. The summed E-state index contributed by atoms with van der Waals surface area (Å²) in [4.78, 5) is 48.2. The predicted octanol–water partition coefficient (Wildman–Crippen LogP) is 6.02. The molecule has 0 bridgehead atoms. The van der Waals surface area contributed by atoms with Gasteiger partial charge in [-0.3, -0.25) is 4.79 Å². The molecule has 0 spiro atoms. The van der Waals surface area contributed by atoms with Crippen molar-refractivity contribution in [2.45, 2.75) is 104 Å². The number of ether oxygens (including phenoxy) is 6. The van der Waals surface area contributed by atoms with Gasteiger partial charge in [-0.2, -0.15) is 0 Å². The first-order valence-corrected chi connectivity index (χ1v) is 14.2. The van der Waals surface area contributed by atoms with Crippen LogP contribution in [0.25, 0.3) is 0 Å². The molecule has 12 heteroatoms. The van der Waals surface area contributed by atoms with Crippen molar-refractivity contribution < 1.29 is 52.7 Å². The summed E-state index contributed by atoms with van der Waals surface area (Å²) in [5, 5.41) is 12.6. The average Bonchev–Trinajstić information content (AvgIpc) is 2.92. The lowest BCUT2D eigenvalue weighted by Gasteiger charge is -2.20. The maximum Gasteiger partial charge on any atom is 0.513 e. The Hall–Kier alpha value is -3.54. The fourth-order valence-corrected chi connectivity index (χ4v) is 3.37. The maximum absolute atomic E-state index is 12.3. The zero-order valence-electron chi connectivity index (χ0n) is 24.8. The molecule has 0 fully saturated rings. The number of rotatable bonds is 19. The fourth-order valence-electron chi connectivity index (χ4n) is 3.37. The second kappa shape index (κ2) is 20.4. The number of hydrogen-bond donors (Lipinski definition) is 2. The van der Waals surface area contributed by atoms with Crippen molar-refractivity contribution in [2.75, 3.05) is 19.8 Å². The van der Waals surface area contributed by atoms with E-state index in [4.69, 9.17) is 28.4 Å². The summed E-state index contributed by atoms with van der Waals surface area (Å²) in [5.74, 6) is -1.35. The van der Waals surface area contributed by atoms with Gasteiger partial charge in [-0.1, -0.05) is 52.5 Å². The molecule has 1 rings (SSSR count). The van der Waals surface area contributed by atoms with Crippen molar-refractivity contribution >= 4 is 24.4 Å². The van der Waals surface area contributed by atoms with Crippen LogP contribution in [0.3, 0.4) is 0 Å². The molecule has 1 aromatic rings. The van der Waals surface area contributed by atoms with E-state index in [0.717, 1.165) is 25.7 Å². The van der Waals surface area contributed by atoms with Crippen LogP contribution in [0.15, 0.2) is 18.2 Å². The molecule has 232 valence electrons. The zero-order valence-corrected chi connectivity index (χ0v) is 24.8. The largest absolute Gasteiger partial charge is 0.513 e. The highest BCUT2D eigenvalue weighted by Crippen LogP contribution is 2.30. The maximum atomic E-state index is 12.3. The van der Waals surface area contributed by atoms with Crippen LogP contribution in [-0.4, -0.2) is 67.6 Å². The molecule has 0 aliphatic carbocycles. The van der Waals surface area contributed by atoms with Crippen molar-refractivity contribution in [1.82, 2.24) is 5.32 Å². The molecule has 0 radical (unpaired) electrons. The van der Waals surface area contributed by atoms with E-state index in [0.29, 0.717) is 24.8 Å². The van der Waals surface area contributed by atoms with Crippen LogP contribution in [0, 0.1) is 0 Å². The van der Waals surface area contributed by atoms with Crippen LogP contribution in [0.4, 0.5) is 14.4 Å². The minimum Gasteiger partial charge on any atom is -0.480 e. The van der Waals surface area contributed by atoms with Gasteiger partial charge in [-0.25, -0.2) is 14.4 Å². The minimum atomic E-state index is -1.15. The number of hydrogen-bond acceptors (Lipinski definition) is 11. The Morgan fingerprint density at radius 2 is 1.34 bits per heavy atom. The van der Waals surface area contributed by atoms with Crippen LogP contribution in [0.2, 0.25) is 0 Å². The molecule has 0 aliphatic rings. The molecule has 12 nitrogen and oxygen atoms in total. The van der Waals surface area contributed by atoms with E-state index in [2.05, 4.69) is 5.32 Å². The molecule has 0 heterocycles. The van der Waals surface area contributed by atoms with E-state index in [-0.39, 0.29) is 43.8 Å². The number of unbranched alkanes of at least 4 members (excludes halogenated alkanes) is 4. The van der Waals surface area contributed by atoms with E-state index < -0.39 is 36.6 Å². The Morgan fingerprint density at radius 3 is 1.88 bits per heavy atom. The lowest BCUT2D eigenvalue weighted by atomic mass is 10.0. The van der Waals surface area contributed by atoms with Gasteiger partial charge in [0.15, 0.2) is 11.5 Å². The molecule has 0 aromatic heterocycles. The van der Waals surface area contributed by atoms with Crippen LogP contribution in [0.1, 0.15) is 85.1 Å². The van der Waals surface area contributed by atoms with Crippen molar-refractivity contribution in [3.63, 3.8) is 0 Å². The van der Waals surface area contributed by atoms with E-state index in [1.165, 1.54) is 12.1 Å². The third-order valence-corrected chi connectivity index (χ3v) is 5.89. The van der Waals surface area contributed by atoms with Gasteiger partial charge in [0.1, 0.15) is 18.2 Å². The topological polar surface area (TPSA) is 156 Å². The molecular weight excluding hydrogens is 538 g/mol. The molecule has 0 saturated heterocycles. The molecule has 0 amide bonds. The van der Waals surface area contributed by atoms with E-state index in [1.54, 1.807) is 19.9 Å². The number of carboxylic acids is 1. The third kappa shape index (κ3) is 15.7. The predicted molar refractivity (Wildman–Crippen MR) is 149 cm³/mol. The number of nitrogens with one attached hydrogen (secondary N) is 1. The highest BCUT2D eigenvalue weighted by molar-refractivity contribution is 5.74. The summed E-state index contributed by atoms with van der Waals surface area (Å²) in [6.45, 7) is 9.65. The summed E-state index contributed by atoms with van der Waals surface area (Å²) < 4.78 is 30.9. The van der Waals surface area contributed by atoms with Gasteiger partial charge in [0.2, 0.25) is 0 Å². The number of aliphatic carboxylic acids is 1. The van der Waals surface area contributed by atoms with E-state index >= 15 is 0 Å². The van der Waals surface area contributed by atoms with Crippen molar-refractivity contribution in [3.05, 3.63) is 23.8 Å². The second-order valence-electron chi connectivity index (χ2n) is 9.61. The SMILES string of the molecule is CCCCCOC(=O)Oc1ccc(C[C@H](NCC(C)OC(=O)OC(C)CC)C(=O)O)cc1OC(=O)OCCCCC. The first-order valence-electron chi connectivity index (χ1n) is 14.2. The number of carbonyl (C=O) groups is 4. The smallest absolute Gasteiger partial charge is 0.480 e. The van der Waals surface area contributed by atoms with E-state index in [1.807, 2.05) is 20.8 Å². The minimum absolute atomic E-state index is 0.0248. The quantitative estimate of drug-likeness (QED) is 0.0846. The van der Waals surface area contributed by atoms with Gasteiger partial charge in [-0.15, -0.1) is 0 Å². The third-order valence-electron chi connectivity index (χ3n) is 5.89. The summed E-state index contributed by atoms with van der Waals surface area (Å²) in [7, 11) is 0. The molecule has 3 atom stereocenters. The molecule has 0 saturated carbocycles. The summed E-state index contributed by atoms with van der Waals surface area (Å²) in [6, 6.07) is 3.25. The van der Waals surface area contributed by atoms with Gasteiger partial charge in [-0.05, 0) is 57.2 Å². The zero-order chi connectivity index (χ0) is 30.6. The summed E-state index contributed by atoms with van der Waals surface area (Å²) in [5.41, 5.74) is 0.465. The van der Waals surface area contributed by atoms with Gasteiger partial charge in [0.25, 0.3) is 0 Å². The van der Waals surface area contributed by atoms with Gasteiger partial charge in [0.05, 0.1) is 13.2 Å². The van der Waals surface area contributed by atoms with Crippen LogP contribution < -0.4 is 14.8 Å². The van der Waals surface area contributed by atoms with Crippen LogP contribution in [0.5, 0.6) is 11.5 Å². The number of benzene rings is 1. The standard InChI is InChI=1S/C29H45NO11/c1-6-9-11-15-36-27(33)40-24-14-13-22(18-25(24)41-28(34)37-16-12-10-7-2)17-23(26(31)32)30-19-21(5)39-29(35)38-20(4)8-3/h13-14,18,20-21,23,30H,6-12,15-17,19H2,1-5H3,(H,31,32)/t20?,21?,23-/m0/s1. The molecule has 0 aliphatic heterocycles. The second-order valence-corrected chi connectivity index (χ2v) is 9.61. The lowest BCUT2D eigenvalue weighted by Crippen LogP contribution is -2.42. The van der Waals surface area contributed by atoms with Gasteiger partial charge >= 0.3 is 24.4 Å². The highest BCUT2D eigenvalue weighted by Gasteiger charge is 2.23. The Kier molecular flexibility index (Phi) is 17.6.